The van der Waals surface area contributed by atoms with Crippen molar-refractivity contribution in [3.05, 3.63) is 48.5 Å². The van der Waals surface area contributed by atoms with Gasteiger partial charge >= 0.3 is 6.09 Å². The number of hydrogen-bond donors (Lipinski definition) is 1. The second-order valence-corrected chi connectivity index (χ2v) is 5.44. The van der Waals surface area contributed by atoms with Gasteiger partial charge in [-0.05, 0) is 31.2 Å². The summed E-state index contributed by atoms with van der Waals surface area (Å²) >= 11 is 1.63. The van der Waals surface area contributed by atoms with Gasteiger partial charge in [0.2, 0.25) is 0 Å². The minimum atomic E-state index is -0.445. The molecule has 5 heteroatoms. The molecule has 1 N–H and O–H groups in total. The molecule has 0 saturated heterocycles. The highest BCUT2D eigenvalue weighted by Gasteiger charge is 2.08. The number of amides is 1. The lowest BCUT2D eigenvalue weighted by Crippen LogP contribution is -2.13. The molecule has 3 aromatic rings. The highest BCUT2D eigenvalue weighted by molar-refractivity contribution is 7.21. The average Bonchev–Trinajstić information content (AvgIpc) is 2.91. The fourth-order valence-corrected chi connectivity index (χ4v) is 2.97. The number of nitrogens with one attached hydrogen (secondary N) is 1. The summed E-state index contributed by atoms with van der Waals surface area (Å²) < 4.78 is 6.03. The Labute approximate surface area is 126 Å². The van der Waals surface area contributed by atoms with Crippen LogP contribution in [0.1, 0.15) is 6.92 Å². The third-order valence-corrected chi connectivity index (χ3v) is 4.01. The van der Waals surface area contributed by atoms with Crippen LogP contribution in [0.4, 0.5) is 10.5 Å². The van der Waals surface area contributed by atoms with Crippen LogP contribution in [-0.2, 0) is 4.74 Å². The van der Waals surface area contributed by atoms with Crippen LogP contribution in [0.2, 0.25) is 0 Å². The van der Waals surface area contributed by atoms with E-state index in [4.69, 9.17) is 4.74 Å². The zero-order chi connectivity index (χ0) is 14.7. The minimum Gasteiger partial charge on any atom is -0.450 e. The van der Waals surface area contributed by atoms with Crippen LogP contribution < -0.4 is 5.32 Å². The Bertz CT molecular complexity index is 750. The van der Waals surface area contributed by atoms with Crippen molar-refractivity contribution in [2.75, 3.05) is 11.9 Å². The number of thiazole rings is 1. The Morgan fingerprint density at radius 3 is 2.90 bits per heavy atom. The van der Waals surface area contributed by atoms with Crippen molar-refractivity contribution in [1.29, 1.82) is 0 Å². The molecule has 4 nitrogen and oxygen atoms in total. The second kappa shape index (κ2) is 5.93. The van der Waals surface area contributed by atoms with Gasteiger partial charge in [-0.15, -0.1) is 11.3 Å². The summed E-state index contributed by atoms with van der Waals surface area (Å²) in [7, 11) is 0. The molecule has 0 radical (unpaired) electrons. The first kappa shape index (κ1) is 13.6. The molecule has 106 valence electrons. The molecule has 0 aliphatic rings. The largest absolute Gasteiger partial charge is 0.450 e. The van der Waals surface area contributed by atoms with E-state index in [0.29, 0.717) is 12.3 Å². The van der Waals surface area contributed by atoms with Crippen molar-refractivity contribution in [2.24, 2.45) is 0 Å². The fourth-order valence-electron chi connectivity index (χ4n) is 2.01. The number of carbonyl (C=O) groups excluding carboxylic acids is 1. The van der Waals surface area contributed by atoms with Gasteiger partial charge in [-0.25, -0.2) is 9.78 Å². The fraction of sp³-hybridized carbons (Fsp3) is 0.125. The summed E-state index contributed by atoms with van der Waals surface area (Å²) in [5, 5.41) is 3.64. The highest BCUT2D eigenvalue weighted by Crippen LogP contribution is 2.31. The van der Waals surface area contributed by atoms with Gasteiger partial charge in [0.05, 0.1) is 16.8 Å². The van der Waals surface area contributed by atoms with Crippen molar-refractivity contribution in [3.8, 4) is 10.6 Å². The average molecular weight is 298 g/mol. The molecule has 0 fully saturated rings. The van der Waals surface area contributed by atoms with Gasteiger partial charge in [-0.3, -0.25) is 5.32 Å². The molecule has 0 unspecified atom stereocenters. The molecule has 0 saturated carbocycles. The van der Waals surface area contributed by atoms with Gasteiger partial charge in [-0.1, -0.05) is 24.3 Å². The molecule has 3 rings (SSSR count). The smallest absolute Gasteiger partial charge is 0.411 e. The first-order valence-electron chi connectivity index (χ1n) is 6.66. The first-order valence-corrected chi connectivity index (χ1v) is 7.47. The van der Waals surface area contributed by atoms with Crippen molar-refractivity contribution < 1.29 is 9.53 Å². The molecular formula is C16H14N2O2S. The summed E-state index contributed by atoms with van der Waals surface area (Å²) in [6.45, 7) is 2.13. The molecule has 0 aliphatic heterocycles. The van der Waals surface area contributed by atoms with Gasteiger partial charge in [-0.2, -0.15) is 0 Å². The number of nitrogens with zero attached hydrogens (tertiary/aromatic N) is 1. The van der Waals surface area contributed by atoms with Gasteiger partial charge in [0.15, 0.2) is 0 Å². The number of benzene rings is 2. The lowest BCUT2D eigenvalue weighted by atomic mass is 10.2. The minimum absolute atomic E-state index is 0.351. The van der Waals surface area contributed by atoms with Gasteiger partial charge in [0, 0.05) is 11.3 Å². The highest BCUT2D eigenvalue weighted by atomic mass is 32.1. The Morgan fingerprint density at radius 2 is 2.10 bits per heavy atom. The molecule has 1 amide bonds. The van der Waals surface area contributed by atoms with Crippen LogP contribution >= 0.6 is 11.3 Å². The summed E-state index contributed by atoms with van der Waals surface area (Å²) in [6.07, 6.45) is -0.445. The van der Waals surface area contributed by atoms with Gasteiger partial charge in [0.1, 0.15) is 5.01 Å². The number of para-hydroxylation sites is 1. The van der Waals surface area contributed by atoms with Crippen LogP contribution in [0.3, 0.4) is 0 Å². The van der Waals surface area contributed by atoms with Gasteiger partial charge in [0.25, 0.3) is 0 Å². The lowest BCUT2D eigenvalue weighted by molar-refractivity contribution is 0.168. The molecule has 0 bridgehead atoms. The van der Waals surface area contributed by atoms with Crippen molar-refractivity contribution in [2.45, 2.75) is 6.92 Å². The van der Waals surface area contributed by atoms with E-state index in [0.717, 1.165) is 20.8 Å². The summed E-state index contributed by atoms with van der Waals surface area (Å²) in [4.78, 5) is 16.1. The maximum absolute atomic E-state index is 11.5. The lowest BCUT2D eigenvalue weighted by Gasteiger charge is -2.06. The number of carbonyl (C=O) groups is 1. The molecule has 0 aliphatic carbocycles. The Kier molecular flexibility index (Phi) is 3.83. The van der Waals surface area contributed by atoms with E-state index in [9.17, 15) is 4.79 Å². The second-order valence-electron chi connectivity index (χ2n) is 4.41. The number of fused-ring (bicyclic) bond motifs is 1. The van der Waals surface area contributed by atoms with E-state index in [1.54, 1.807) is 18.3 Å². The molecule has 21 heavy (non-hydrogen) atoms. The summed E-state index contributed by atoms with van der Waals surface area (Å²) in [5.41, 5.74) is 2.66. The molecular weight excluding hydrogens is 284 g/mol. The number of rotatable bonds is 3. The molecule has 2 aromatic carbocycles. The zero-order valence-electron chi connectivity index (χ0n) is 11.5. The molecule has 1 heterocycles. The van der Waals surface area contributed by atoms with Gasteiger partial charge < -0.3 is 4.74 Å². The van der Waals surface area contributed by atoms with E-state index in [1.165, 1.54) is 0 Å². The number of hydrogen-bond acceptors (Lipinski definition) is 4. The quantitative estimate of drug-likeness (QED) is 0.772. The Hall–Kier alpha value is -2.40. The number of aromatic nitrogens is 1. The normalized spacial score (nSPS) is 10.5. The zero-order valence-corrected chi connectivity index (χ0v) is 12.3. The maximum atomic E-state index is 11.5. The van der Waals surface area contributed by atoms with Crippen molar-refractivity contribution in [3.63, 3.8) is 0 Å². The van der Waals surface area contributed by atoms with Crippen LogP contribution in [0.25, 0.3) is 20.8 Å². The third-order valence-electron chi connectivity index (χ3n) is 2.93. The molecule has 1 aromatic heterocycles. The summed E-state index contributed by atoms with van der Waals surface area (Å²) in [6, 6.07) is 15.6. The standard InChI is InChI=1S/C16H14N2O2S/c1-2-20-16(19)17-12-7-5-6-11(10-12)15-18-13-8-3-4-9-14(13)21-15/h3-10H,2H2,1H3,(H,17,19). The van der Waals surface area contributed by atoms with E-state index in [2.05, 4.69) is 16.4 Å². The molecule has 0 atom stereocenters. The number of ether oxygens (including phenoxy) is 1. The van der Waals surface area contributed by atoms with Crippen LogP contribution in [0, 0.1) is 0 Å². The summed E-state index contributed by atoms with van der Waals surface area (Å²) in [5.74, 6) is 0. The van der Waals surface area contributed by atoms with E-state index in [-0.39, 0.29) is 0 Å². The van der Waals surface area contributed by atoms with E-state index < -0.39 is 6.09 Å². The van der Waals surface area contributed by atoms with Crippen LogP contribution in [0.5, 0.6) is 0 Å². The Morgan fingerprint density at radius 1 is 1.24 bits per heavy atom. The SMILES string of the molecule is CCOC(=O)Nc1cccc(-c2nc3ccccc3s2)c1. The van der Waals surface area contributed by atoms with Crippen LogP contribution in [0.15, 0.2) is 48.5 Å². The number of anilines is 1. The molecule has 0 spiro atoms. The van der Waals surface area contributed by atoms with E-state index >= 15 is 0 Å². The predicted molar refractivity (Wildman–Crippen MR) is 85.7 cm³/mol. The Balaban J connectivity index is 1.90. The topological polar surface area (TPSA) is 51.2 Å². The first-order chi connectivity index (χ1) is 10.3. The van der Waals surface area contributed by atoms with Crippen molar-refractivity contribution in [1.82, 2.24) is 4.98 Å². The monoisotopic (exact) mass is 298 g/mol. The van der Waals surface area contributed by atoms with Crippen molar-refractivity contribution >= 4 is 33.3 Å². The third kappa shape index (κ3) is 3.03. The van der Waals surface area contributed by atoms with E-state index in [1.807, 2.05) is 42.5 Å². The predicted octanol–water partition coefficient (Wildman–Crippen LogP) is 4.53. The maximum Gasteiger partial charge on any atom is 0.411 e. The van der Waals surface area contributed by atoms with Crippen LogP contribution in [-0.4, -0.2) is 17.7 Å².